The van der Waals surface area contributed by atoms with Crippen LogP contribution in [0.5, 0.6) is 5.75 Å². The third-order valence-corrected chi connectivity index (χ3v) is 4.96. The van der Waals surface area contributed by atoms with Crippen molar-refractivity contribution in [2.75, 3.05) is 0 Å². The molecule has 0 aromatic heterocycles. The molecule has 120 valence electrons. The molecule has 3 N–H and O–H groups in total. The fourth-order valence-electron chi connectivity index (χ4n) is 3.54. The van der Waals surface area contributed by atoms with E-state index in [1.54, 1.807) is 0 Å². The topological polar surface area (TPSA) is 64.4 Å². The monoisotopic (exact) mass is 302 g/mol. The molecule has 4 heteroatoms. The molecule has 3 rings (SSSR count). The van der Waals surface area contributed by atoms with Gasteiger partial charge in [0.15, 0.2) is 0 Å². The number of nitrogens with one attached hydrogen (secondary N) is 1. The Kier molecular flexibility index (Phi) is 4.67. The molecule has 0 bridgehead atoms. The maximum Gasteiger partial charge on any atom is 0.240 e. The zero-order chi connectivity index (χ0) is 15.4. The maximum absolute atomic E-state index is 12.3. The van der Waals surface area contributed by atoms with E-state index in [2.05, 4.69) is 5.32 Å². The van der Waals surface area contributed by atoms with Crippen LogP contribution in [0.25, 0.3) is 0 Å². The van der Waals surface area contributed by atoms with Crippen LogP contribution in [0.3, 0.4) is 0 Å². The molecule has 0 radical (unpaired) electrons. The first-order valence-corrected chi connectivity index (χ1v) is 8.49. The molecule has 0 unspecified atom stereocenters. The van der Waals surface area contributed by atoms with E-state index < -0.39 is 5.54 Å². The Hall–Kier alpha value is -1.55. The van der Waals surface area contributed by atoms with Crippen LogP contribution in [0.15, 0.2) is 24.3 Å². The predicted molar refractivity (Wildman–Crippen MR) is 86.6 cm³/mol. The summed E-state index contributed by atoms with van der Waals surface area (Å²) in [5, 5.41) is 3.00. The summed E-state index contributed by atoms with van der Waals surface area (Å²) in [5.74, 6) is 0.868. The van der Waals surface area contributed by atoms with Gasteiger partial charge in [0.2, 0.25) is 5.91 Å². The molecule has 0 saturated heterocycles. The highest BCUT2D eigenvalue weighted by molar-refractivity contribution is 5.86. The summed E-state index contributed by atoms with van der Waals surface area (Å²) < 4.78 is 6.11. The number of amides is 1. The number of hydrogen-bond acceptors (Lipinski definition) is 3. The van der Waals surface area contributed by atoms with Crippen LogP contribution in [0.1, 0.15) is 56.9 Å². The van der Waals surface area contributed by atoms with E-state index in [0.29, 0.717) is 12.6 Å². The molecule has 2 saturated carbocycles. The summed E-state index contributed by atoms with van der Waals surface area (Å²) in [4.78, 5) is 12.3. The zero-order valence-corrected chi connectivity index (χ0v) is 13.1. The predicted octanol–water partition coefficient (Wildman–Crippen LogP) is 2.90. The van der Waals surface area contributed by atoms with Gasteiger partial charge in [0.25, 0.3) is 0 Å². The zero-order valence-electron chi connectivity index (χ0n) is 13.1. The quantitative estimate of drug-likeness (QED) is 0.879. The van der Waals surface area contributed by atoms with Crippen molar-refractivity contribution in [2.24, 2.45) is 5.73 Å². The molecular weight excluding hydrogens is 276 g/mol. The van der Waals surface area contributed by atoms with Crippen LogP contribution in [-0.4, -0.2) is 17.6 Å². The Morgan fingerprint density at radius 3 is 2.59 bits per heavy atom. The highest BCUT2D eigenvalue weighted by Crippen LogP contribution is 2.28. The molecule has 0 atom stereocenters. The van der Waals surface area contributed by atoms with Crippen molar-refractivity contribution in [3.8, 4) is 5.75 Å². The van der Waals surface area contributed by atoms with E-state index in [0.717, 1.165) is 49.8 Å². The van der Waals surface area contributed by atoms with Gasteiger partial charge in [0.1, 0.15) is 5.75 Å². The molecule has 2 fully saturated rings. The Labute approximate surface area is 132 Å². The van der Waals surface area contributed by atoms with E-state index in [1.165, 1.54) is 12.8 Å². The lowest BCUT2D eigenvalue weighted by Crippen LogP contribution is -2.51. The van der Waals surface area contributed by atoms with Crippen molar-refractivity contribution in [3.63, 3.8) is 0 Å². The highest BCUT2D eigenvalue weighted by atomic mass is 16.5. The fourth-order valence-corrected chi connectivity index (χ4v) is 3.54. The molecule has 1 aromatic carbocycles. The highest BCUT2D eigenvalue weighted by Gasteiger charge is 2.36. The van der Waals surface area contributed by atoms with Gasteiger partial charge in [-0.25, -0.2) is 0 Å². The molecule has 0 spiro atoms. The molecule has 4 nitrogen and oxygen atoms in total. The smallest absolute Gasteiger partial charge is 0.240 e. The summed E-state index contributed by atoms with van der Waals surface area (Å²) >= 11 is 0. The lowest BCUT2D eigenvalue weighted by Gasteiger charge is -2.23. The third kappa shape index (κ3) is 3.43. The second-order valence-electron chi connectivity index (χ2n) is 6.68. The van der Waals surface area contributed by atoms with Crippen molar-refractivity contribution in [1.29, 1.82) is 0 Å². The number of carbonyl (C=O) groups excluding carboxylic acids is 1. The van der Waals surface area contributed by atoms with Gasteiger partial charge in [0, 0.05) is 12.1 Å². The van der Waals surface area contributed by atoms with E-state index in [9.17, 15) is 4.79 Å². The maximum atomic E-state index is 12.3. The van der Waals surface area contributed by atoms with Crippen LogP contribution in [-0.2, 0) is 11.3 Å². The number of benzene rings is 1. The normalized spacial score (nSPS) is 21.0. The first-order chi connectivity index (χ1) is 10.7. The van der Waals surface area contributed by atoms with E-state index >= 15 is 0 Å². The Balaban J connectivity index is 1.61. The third-order valence-electron chi connectivity index (χ3n) is 4.96. The molecule has 0 heterocycles. The summed E-state index contributed by atoms with van der Waals surface area (Å²) in [5.41, 5.74) is 6.56. The van der Waals surface area contributed by atoms with Gasteiger partial charge >= 0.3 is 0 Å². The fraction of sp³-hybridized carbons (Fsp3) is 0.611. The number of rotatable bonds is 5. The molecule has 1 amide bonds. The second kappa shape index (κ2) is 6.69. The summed E-state index contributed by atoms with van der Waals surface area (Å²) in [6.45, 7) is 0.487. The van der Waals surface area contributed by atoms with E-state index in [1.807, 2.05) is 24.3 Å². The molecule has 1 aromatic rings. The van der Waals surface area contributed by atoms with Crippen molar-refractivity contribution in [3.05, 3.63) is 29.8 Å². The van der Waals surface area contributed by atoms with Gasteiger partial charge in [-0.05, 0) is 44.6 Å². The van der Waals surface area contributed by atoms with Crippen molar-refractivity contribution in [1.82, 2.24) is 5.32 Å². The summed E-state index contributed by atoms with van der Waals surface area (Å²) in [6, 6.07) is 7.98. The first-order valence-electron chi connectivity index (χ1n) is 8.49. The van der Waals surface area contributed by atoms with Gasteiger partial charge in [0.05, 0.1) is 11.6 Å². The number of carbonyl (C=O) groups is 1. The SMILES string of the molecule is NC1(C(=O)NCc2ccccc2OC2CCCC2)CCCC1. The van der Waals surface area contributed by atoms with Crippen LogP contribution in [0.4, 0.5) is 0 Å². The minimum Gasteiger partial charge on any atom is -0.490 e. The second-order valence-corrected chi connectivity index (χ2v) is 6.68. The number of nitrogens with two attached hydrogens (primary N) is 1. The minimum absolute atomic E-state index is 0.0272. The molecular formula is C18H26N2O2. The average molecular weight is 302 g/mol. The van der Waals surface area contributed by atoms with Gasteiger partial charge in [-0.2, -0.15) is 0 Å². The number of para-hydroxylation sites is 1. The standard InChI is InChI=1S/C18H26N2O2/c19-18(11-5-6-12-18)17(21)20-13-14-7-1-4-10-16(14)22-15-8-2-3-9-15/h1,4,7,10,15H,2-3,5-6,8-9,11-13,19H2,(H,20,21). The van der Waals surface area contributed by atoms with Gasteiger partial charge in [-0.1, -0.05) is 31.0 Å². The Morgan fingerprint density at radius 2 is 1.86 bits per heavy atom. The summed E-state index contributed by atoms with van der Waals surface area (Å²) in [6.07, 6.45) is 8.76. The molecule has 22 heavy (non-hydrogen) atoms. The average Bonchev–Trinajstić information content (AvgIpc) is 3.18. The largest absolute Gasteiger partial charge is 0.490 e. The Morgan fingerprint density at radius 1 is 1.18 bits per heavy atom. The molecule has 2 aliphatic rings. The van der Waals surface area contributed by atoms with E-state index in [-0.39, 0.29) is 5.91 Å². The lowest BCUT2D eigenvalue weighted by atomic mass is 9.98. The van der Waals surface area contributed by atoms with Gasteiger partial charge in [-0.15, -0.1) is 0 Å². The van der Waals surface area contributed by atoms with Crippen LogP contribution >= 0.6 is 0 Å². The minimum atomic E-state index is -0.665. The van der Waals surface area contributed by atoms with Gasteiger partial charge < -0.3 is 15.8 Å². The number of ether oxygens (including phenoxy) is 1. The summed E-state index contributed by atoms with van der Waals surface area (Å²) in [7, 11) is 0. The van der Waals surface area contributed by atoms with Crippen LogP contribution in [0, 0.1) is 0 Å². The Bertz CT molecular complexity index is 518. The number of hydrogen-bond donors (Lipinski definition) is 2. The molecule has 2 aliphatic carbocycles. The van der Waals surface area contributed by atoms with Crippen molar-refractivity contribution >= 4 is 5.91 Å². The van der Waals surface area contributed by atoms with Crippen molar-refractivity contribution in [2.45, 2.75) is 69.6 Å². The van der Waals surface area contributed by atoms with E-state index in [4.69, 9.17) is 10.5 Å². The lowest BCUT2D eigenvalue weighted by molar-refractivity contribution is -0.126. The van der Waals surface area contributed by atoms with Gasteiger partial charge in [-0.3, -0.25) is 4.79 Å². The van der Waals surface area contributed by atoms with Crippen LogP contribution < -0.4 is 15.8 Å². The molecule has 0 aliphatic heterocycles. The first kappa shape index (κ1) is 15.3. The van der Waals surface area contributed by atoms with Crippen molar-refractivity contribution < 1.29 is 9.53 Å². The van der Waals surface area contributed by atoms with Crippen LogP contribution in [0.2, 0.25) is 0 Å².